The van der Waals surface area contributed by atoms with E-state index in [-0.39, 0.29) is 12.2 Å². The van der Waals surface area contributed by atoms with Gasteiger partial charge in [0.25, 0.3) is 0 Å². The zero-order valence-corrected chi connectivity index (χ0v) is 12.7. The van der Waals surface area contributed by atoms with Gasteiger partial charge in [-0.25, -0.2) is 4.39 Å². The molecule has 1 unspecified atom stereocenters. The van der Waals surface area contributed by atoms with Gasteiger partial charge in [0.1, 0.15) is 5.82 Å². The third-order valence-corrected chi connectivity index (χ3v) is 4.10. The fourth-order valence-corrected chi connectivity index (χ4v) is 2.77. The molecular formula is C15H13BrClFO. The topological polar surface area (TPSA) is 20.2 Å². The Bertz CT molecular complexity index is 598. The van der Waals surface area contributed by atoms with Crippen molar-refractivity contribution in [3.63, 3.8) is 0 Å². The minimum atomic E-state index is -1.16. The maximum Gasteiger partial charge on any atom is 0.123 e. The molecule has 0 amide bonds. The molecule has 0 saturated heterocycles. The minimum absolute atomic E-state index is 0.273. The molecule has 0 spiro atoms. The lowest BCUT2D eigenvalue weighted by molar-refractivity contribution is 0.0575. The molecule has 0 aliphatic heterocycles. The predicted octanol–water partition coefficient (Wildman–Crippen LogP) is 4.69. The smallest absolute Gasteiger partial charge is 0.123 e. The minimum Gasteiger partial charge on any atom is -0.385 e. The Morgan fingerprint density at radius 1 is 1.26 bits per heavy atom. The molecule has 1 atom stereocenters. The fourth-order valence-electron chi connectivity index (χ4n) is 2.04. The second-order valence-corrected chi connectivity index (χ2v) is 5.93. The van der Waals surface area contributed by atoms with Crippen LogP contribution in [-0.2, 0) is 12.0 Å². The molecule has 2 aromatic rings. The van der Waals surface area contributed by atoms with Gasteiger partial charge in [-0.2, -0.15) is 0 Å². The van der Waals surface area contributed by atoms with Crippen LogP contribution in [0.4, 0.5) is 4.39 Å². The van der Waals surface area contributed by atoms with Crippen LogP contribution in [-0.4, -0.2) is 5.11 Å². The van der Waals surface area contributed by atoms with Crippen LogP contribution in [0.1, 0.15) is 18.1 Å². The molecule has 0 radical (unpaired) electrons. The predicted molar refractivity (Wildman–Crippen MR) is 78.8 cm³/mol. The van der Waals surface area contributed by atoms with Crippen molar-refractivity contribution in [1.82, 2.24) is 0 Å². The Morgan fingerprint density at radius 2 is 1.95 bits per heavy atom. The summed E-state index contributed by atoms with van der Waals surface area (Å²) in [4.78, 5) is 0. The van der Waals surface area contributed by atoms with Crippen LogP contribution >= 0.6 is 27.5 Å². The van der Waals surface area contributed by atoms with Gasteiger partial charge in [-0.1, -0.05) is 45.7 Å². The normalized spacial score (nSPS) is 14.2. The van der Waals surface area contributed by atoms with Gasteiger partial charge in [-0.3, -0.25) is 0 Å². The highest BCUT2D eigenvalue weighted by Crippen LogP contribution is 2.33. The van der Waals surface area contributed by atoms with Gasteiger partial charge >= 0.3 is 0 Å². The van der Waals surface area contributed by atoms with Gasteiger partial charge in [0.2, 0.25) is 0 Å². The third kappa shape index (κ3) is 3.35. The van der Waals surface area contributed by atoms with Crippen molar-refractivity contribution in [3.8, 4) is 0 Å². The summed E-state index contributed by atoms with van der Waals surface area (Å²) < 4.78 is 14.0. The van der Waals surface area contributed by atoms with Crippen LogP contribution in [0.5, 0.6) is 0 Å². The lowest BCUT2D eigenvalue weighted by Gasteiger charge is -2.25. The summed E-state index contributed by atoms with van der Waals surface area (Å²) in [5.41, 5.74) is 0.173. The van der Waals surface area contributed by atoms with Gasteiger partial charge in [0.05, 0.1) is 5.60 Å². The second-order valence-electron chi connectivity index (χ2n) is 4.67. The van der Waals surface area contributed by atoms with Crippen LogP contribution in [0.3, 0.4) is 0 Å². The SMILES string of the molecule is CC(O)(Cc1cc(F)ccc1Br)c1ccccc1Cl. The number of benzene rings is 2. The van der Waals surface area contributed by atoms with Crippen molar-refractivity contribution in [2.45, 2.75) is 18.9 Å². The standard InChI is InChI=1S/C15H13BrClFO/c1-15(19,12-4-2-3-5-14(12)17)9-10-8-11(18)6-7-13(10)16/h2-8,19H,9H2,1H3. The monoisotopic (exact) mass is 342 g/mol. The van der Waals surface area contributed by atoms with E-state index in [4.69, 9.17) is 11.6 Å². The van der Waals surface area contributed by atoms with Crippen molar-refractivity contribution >= 4 is 27.5 Å². The van der Waals surface area contributed by atoms with E-state index in [0.29, 0.717) is 16.1 Å². The first-order chi connectivity index (χ1) is 8.90. The van der Waals surface area contributed by atoms with Crippen LogP contribution in [0.2, 0.25) is 5.02 Å². The zero-order valence-electron chi connectivity index (χ0n) is 10.3. The maximum absolute atomic E-state index is 13.3. The molecule has 19 heavy (non-hydrogen) atoms. The highest BCUT2D eigenvalue weighted by atomic mass is 79.9. The molecule has 0 heterocycles. The summed E-state index contributed by atoms with van der Waals surface area (Å²) in [6, 6.07) is 11.5. The summed E-state index contributed by atoms with van der Waals surface area (Å²) in [5.74, 6) is -0.326. The van der Waals surface area contributed by atoms with Crippen LogP contribution in [0.25, 0.3) is 0 Å². The molecule has 0 fully saturated rings. The van der Waals surface area contributed by atoms with Gasteiger partial charge in [-0.15, -0.1) is 0 Å². The molecule has 100 valence electrons. The summed E-state index contributed by atoms with van der Waals surface area (Å²) in [6.45, 7) is 1.67. The Kier molecular flexibility index (Phi) is 4.29. The Balaban J connectivity index is 2.36. The molecule has 0 saturated carbocycles. The van der Waals surface area contributed by atoms with Crippen molar-refractivity contribution in [2.75, 3.05) is 0 Å². The summed E-state index contributed by atoms with van der Waals surface area (Å²) >= 11 is 9.46. The second kappa shape index (κ2) is 5.61. The first kappa shape index (κ1) is 14.5. The lowest BCUT2D eigenvalue weighted by atomic mass is 9.89. The van der Waals surface area contributed by atoms with E-state index < -0.39 is 5.60 Å². The Hall–Kier alpha value is -0.900. The summed E-state index contributed by atoms with van der Waals surface area (Å²) in [6.07, 6.45) is 0.273. The molecule has 0 aliphatic carbocycles. The Morgan fingerprint density at radius 3 is 2.63 bits per heavy atom. The molecule has 2 aromatic carbocycles. The van der Waals surface area contributed by atoms with E-state index in [1.54, 1.807) is 31.2 Å². The van der Waals surface area contributed by atoms with E-state index in [0.717, 1.165) is 4.47 Å². The van der Waals surface area contributed by atoms with Gasteiger partial charge in [-0.05, 0) is 36.8 Å². The first-order valence-electron chi connectivity index (χ1n) is 5.81. The lowest BCUT2D eigenvalue weighted by Crippen LogP contribution is -2.25. The number of aliphatic hydroxyl groups is 1. The fraction of sp³-hybridized carbons (Fsp3) is 0.200. The number of hydrogen-bond donors (Lipinski definition) is 1. The molecule has 1 N–H and O–H groups in total. The van der Waals surface area contributed by atoms with E-state index in [1.165, 1.54) is 12.1 Å². The molecule has 4 heteroatoms. The van der Waals surface area contributed by atoms with Gasteiger partial charge < -0.3 is 5.11 Å². The highest BCUT2D eigenvalue weighted by Gasteiger charge is 2.26. The van der Waals surface area contributed by atoms with Crippen molar-refractivity contribution < 1.29 is 9.50 Å². The number of rotatable bonds is 3. The average Bonchev–Trinajstić information content (AvgIpc) is 2.34. The summed E-state index contributed by atoms with van der Waals surface area (Å²) in [7, 11) is 0. The van der Waals surface area contributed by atoms with Gasteiger partial charge in [0, 0.05) is 21.5 Å². The Labute approximate surface area is 125 Å². The van der Waals surface area contributed by atoms with E-state index in [1.807, 2.05) is 6.07 Å². The van der Waals surface area contributed by atoms with E-state index >= 15 is 0 Å². The van der Waals surface area contributed by atoms with Crippen molar-refractivity contribution in [1.29, 1.82) is 0 Å². The molecule has 1 nitrogen and oxygen atoms in total. The van der Waals surface area contributed by atoms with E-state index in [9.17, 15) is 9.50 Å². The largest absolute Gasteiger partial charge is 0.385 e. The third-order valence-electron chi connectivity index (χ3n) is 3.00. The summed E-state index contributed by atoms with van der Waals surface area (Å²) in [5, 5.41) is 11.1. The van der Waals surface area contributed by atoms with Crippen LogP contribution < -0.4 is 0 Å². The van der Waals surface area contributed by atoms with Crippen LogP contribution in [0, 0.1) is 5.82 Å². The molecule has 0 bridgehead atoms. The number of halogens is 3. The van der Waals surface area contributed by atoms with Crippen molar-refractivity contribution in [2.24, 2.45) is 0 Å². The zero-order chi connectivity index (χ0) is 14.0. The maximum atomic E-state index is 13.3. The highest BCUT2D eigenvalue weighted by molar-refractivity contribution is 9.10. The quantitative estimate of drug-likeness (QED) is 0.857. The van der Waals surface area contributed by atoms with Crippen molar-refractivity contribution in [3.05, 3.63) is 68.9 Å². The van der Waals surface area contributed by atoms with E-state index in [2.05, 4.69) is 15.9 Å². The molecule has 0 aromatic heterocycles. The average molecular weight is 344 g/mol. The molecular weight excluding hydrogens is 331 g/mol. The number of hydrogen-bond acceptors (Lipinski definition) is 1. The molecule has 2 rings (SSSR count). The van der Waals surface area contributed by atoms with Gasteiger partial charge in [0.15, 0.2) is 0 Å². The molecule has 0 aliphatic rings. The van der Waals surface area contributed by atoms with Crippen LogP contribution in [0.15, 0.2) is 46.9 Å². The first-order valence-corrected chi connectivity index (χ1v) is 6.98.